The number of rotatable bonds is 3. The molecule has 0 fully saturated rings. The lowest BCUT2D eigenvalue weighted by atomic mass is 10.1. The van der Waals surface area contributed by atoms with Gasteiger partial charge in [-0.3, -0.25) is 10.9 Å². The SMILES string of the molecule is CNC(=S)NNC(=S)NCCc1ccccc1. The zero-order valence-corrected chi connectivity index (χ0v) is 11.3. The summed E-state index contributed by atoms with van der Waals surface area (Å²) in [5.41, 5.74) is 6.81. The highest BCUT2D eigenvalue weighted by atomic mass is 32.1. The van der Waals surface area contributed by atoms with Crippen molar-refractivity contribution < 1.29 is 0 Å². The fraction of sp³-hybridized carbons (Fsp3) is 0.273. The molecule has 0 radical (unpaired) electrons. The van der Waals surface area contributed by atoms with Crippen molar-refractivity contribution in [2.24, 2.45) is 0 Å². The summed E-state index contributed by atoms with van der Waals surface area (Å²) in [6, 6.07) is 10.2. The molecule has 0 aliphatic carbocycles. The first-order valence-corrected chi connectivity index (χ1v) is 6.09. The summed E-state index contributed by atoms with van der Waals surface area (Å²) in [5, 5.41) is 6.88. The number of hydrogen-bond acceptors (Lipinski definition) is 2. The minimum Gasteiger partial charge on any atom is -0.364 e. The van der Waals surface area contributed by atoms with Gasteiger partial charge in [0.05, 0.1) is 0 Å². The zero-order chi connectivity index (χ0) is 12.5. The molecule has 0 unspecified atom stereocenters. The summed E-state index contributed by atoms with van der Waals surface area (Å²) in [5.74, 6) is 0. The average Bonchev–Trinajstić information content (AvgIpc) is 2.37. The van der Waals surface area contributed by atoms with E-state index in [2.05, 4.69) is 33.6 Å². The van der Waals surface area contributed by atoms with Gasteiger partial charge in [0.15, 0.2) is 10.2 Å². The van der Waals surface area contributed by atoms with Crippen LogP contribution in [0.4, 0.5) is 0 Å². The van der Waals surface area contributed by atoms with E-state index in [9.17, 15) is 0 Å². The van der Waals surface area contributed by atoms with Crippen LogP contribution in [-0.4, -0.2) is 23.8 Å². The molecule has 92 valence electrons. The highest BCUT2D eigenvalue weighted by Crippen LogP contribution is 1.97. The minimum absolute atomic E-state index is 0.497. The molecule has 0 aliphatic heterocycles. The molecule has 0 saturated carbocycles. The Labute approximate surface area is 112 Å². The standard InChI is InChI=1S/C11H16N4S2/c1-12-10(16)14-15-11(17)13-8-7-9-5-3-2-4-6-9/h2-6H,7-8H2,1H3,(H2,12,14,16)(H2,13,15,17). The first kappa shape index (κ1) is 13.7. The topological polar surface area (TPSA) is 48.1 Å². The van der Waals surface area contributed by atoms with E-state index in [4.69, 9.17) is 24.4 Å². The average molecular weight is 268 g/mol. The van der Waals surface area contributed by atoms with Crippen molar-refractivity contribution in [3.05, 3.63) is 35.9 Å². The Kier molecular flexibility index (Phi) is 6.27. The van der Waals surface area contributed by atoms with Crippen LogP contribution in [0.5, 0.6) is 0 Å². The first-order valence-electron chi connectivity index (χ1n) is 5.28. The molecule has 17 heavy (non-hydrogen) atoms. The van der Waals surface area contributed by atoms with Crippen LogP contribution in [0.2, 0.25) is 0 Å². The highest BCUT2D eigenvalue weighted by Gasteiger charge is 1.96. The Bertz CT molecular complexity index is 367. The molecule has 0 bridgehead atoms. The lowest BCUT2D eigenvalue weighted by Crippen LogP contribution is -2.49. The molecule has 1 aromatic rings. The Morgan fingerprint density at radius 1 is 1.06 bits per heavy atom. The third-order valence-corrected chi connectivity index (χ3v) is 2.61. The molecule has 0 spiro atoms. The van der Waals surface area contributed by atoms with Gasteiger partial charge in [0.1, 0.15) is 0 Å². The summed E-state index contributed by atoms with van der Waals surface area (Å²) in [7, 11) is 1.74. The summed E-state index contributed by atoms with van der Waals surface area (Å²) in [6.07, 6.45) is 0.930. The van der Waals surface area contributed by atoms with Crippen LogP contribution in [-0.2, 0) is 6.42 Å². The molecule has 0 aliphatic rings. The van der Waals surface area contributed by atoms with E-state index in [1.165, 1.54) is 5.56 Å². The number of hydrazine groups is 1. The second-order valence-electron chi connectivity index (χ2n) is 3.32. The maximum absolute atomic E-state index is 5.06. The van der Waals surface area contributed by atoms with Gasteiger partial charge >= 0.3 is 0 Å². The largest absolute Gasteiger partial charge is 0.364 e. The van der Waals surface area contributed by atoms with Gasteiger partial charge in [-0.1, -0.05) is 30.3 Å². The van der Waals surface area contributed by atoms with Gasteiger partial charge in [0.25, 0.3) is 0 Å². The Morgan fingerprint density at radius 3 is 2.35 bits per heavy atom. The maximum Gasteiger partial charge on any atom is 0.185 e. The molecular weight excluding hydrogens is 252 g/mol. The lowest BCUT2D eigenvalue weighted by Gasteiger charge is -2.12. The smallest absolute Gasteiger partial charge is 0.185 e. The van der Waals surface area contributed by atoms with Gasteiger partial charge in [-0.25, -0.2) is 0 Å². The highest BCUT2D eigenvalue weighted by molar-refractivity contribution is 7.80. The summed E-state index contributed by atoms with van der Waals surface area (Å²) < 4.78 is 0. The molecule has 4 nitrogen and oxygen atoms in total. The second-order valence-corrected chi connectivity index (χ2v) is 4.14. The quantitative estimate of drug-likeness (QED) is 0.478. The zero-order valence-electron chi connectivity index (χ0n) is 9.62. The fourth-order valence-corrected chi connectivity index (χ4v) is 1.39. The van der Waals surface area contributed by atoms with Gasteiger partial charge in [-0.05, 0) is 36.4 Å². The lowest BCUT2D eigenvalue weighted by molar-refractivity contribution is 0.784. The third kappa shape index (κ3) is 6.03. The molecule has 0 aromatic heterocycles. The van der Waals surface area contributed by atoms with Crippen molar-refractivity contribution in [3.63, 3.8) is 0 Å². The van der Waals surface area contributed by atoms with Gasteiger partial charge in [-0.2, -0.15) is 0 Å². The fourth-order valence-electron chi connectivity index (χ4n) is 1.19. The van der Waals surface area contributed by atoms with Crippen molar-refractivity contribution in [2.45, 2.75) is 6.42 Å². The molecule has 0 amide bonds. The normalized spacial score (nSPS) is 9.24. The Hall–Kier alpha value is -1.40. The van der Waals surface area contributed by atoms with Crippen LogP contribution >= 0.6 is 24.4 Å². The van der Waals surface area contributed by atoms with E-state index >= 15 is 0 Å². The minimum atomic E-state index is 0.497. The van der Waals surface area contributed by atoms with Gasteiger partial charge < -0.3 is 10.6 Å². The number of hydrogen-bond donors (Lipinski definition) is 4. The summed E-state index contributed by atoms with van der Waals surface area (Å²) in [6.45, 7) is 0.782. The Balaban J connectivity index is 2.14. The van der Waals surface area contributed by atoms with Crippen molar-refractivity contribution in [1.29, 1.82) is 0 Å². The molecule has 4 N–H and O–H groups in total. The Morgan fingerprint density at radius 2 is 1.71 bits per heavy atom. The van der Waals surface area contributed by atoms with E-state index < -0.39 is 0 Å². The van der Waals surface area contributed by atoms with Crippen molar-refractivity contribution in [1.82, 2.24) is 21.5 Å². The first-order chi connectivity index (χ1) is 8.22. The van der Waals surface area contributed by atoms with E-state index in [0.717, 1.165) is 13.0 Å². The van der Waals surface area contributed by atoms with Crippen LogP contribution in [0, 0.1) is 0 Å². The number of nitrogens with one attached hydrogen (secondary N) is 4. The predicted octanol–water partition coefficient (Wildman–Crippen LogP) is 0.702. The van der Waals surface area contributed by atoms with Crippen molar-refractivity contribution in [3.8, 4) is 0 Å². The van der Waals surface area contributed by atoms with Gasteiger partial charge in [0.2, 0.25) is 0 Å². The molecule has 1 aromatic carbocycles. The van der Waals surface area contributed by atoms with Crippen LogP contribution in [0.1, 0.15) is 5.56 Å². The summed E-state index contributed by atoms with van der Waals surface area (Å²) >= 11 is 9.95. The van der Waals surface area contributed by atoms with Crippen molar-refractivity contribution >= 4 is 34.7 Å². The maximum atomic E-state index is 5.06. The van der Waals surface area contributed by atoms with E-state index in [0.29, 0.717) is 10.2 Å². The van der Waals surface area contributed by atoms with Crippen molar-refractivity contribution in [2.75, 3.05) is 13.6 Å². The van der Waals surface area contributed by atoms with E-state index in [1.807, 2.05) is 18.2 Å². The molecule has 6 heteroatoms. The summed E-state index contributed by atoms with van der Waals surface area (Å²) in [4.78, 5) is 0. The third-order valence-electron chi connectivity index (χ3n) is 2.06. The number of thiocarbonyl (C=S) groups is 2. The number of benzene rings is 1. The predicted molar refractivity (Wildman–Crippen MR) is 78.7 cm³/mol. The van der Waals surface area contributed by atoms with Gasteiger partial charge in [0, 0.05) is 13.6 Å². The van der Waals surface area contributed by atoms with Crippen LogP contribution < -0.4 is 21.5 Å². The van der Waals surface area contributed by atoms with Gasteiger partial charge in [-0.15, -0.1) is 0 Å². The van der Waals surface area contributed by atoms with Crippen LogP contribution in [0.3, 0.4) is 0 Å². The van der Waals surface area contributed by atoms with E-state index in [-0.39, 0.29) is 0 Å². The monoisotopic (exact) mass is 268 g/mol. The van der Waals surface area contributed by atoms with Crippen LogP contribution in [0.25, 0.3) is 0 Å². The molecule has 0 heterocycles. The molecule has 0 saturated heterocycles. The second kappa shape index (κ2) is 7.81. The van der Waals surface area contributed by atoms with E-state index in [1.54, 1.807) is 7.05 Å². The molecular formula is C11H16N4S2. The molecule has 1 rings (SSSR count). The molecule has 0 atom stereocenters. The van der Waals surface area contributed by atoms with Crippen LogP contribution in [0.15, 0.2) is 30.3 Å².